The molecule has 156 valence electrons. The van der Waals surface area contributed by atoms with Gasteiger partial charge in [0.25, 0.3) is 11.7 Å². The van der Waals surface area contributed by atoms with Crippen LogP contribution in [0.3, 0.4) is 0 Å². The van der Waals surface area contributed by atoms with E-state index in [9.17, 15) is 19.5 Å². The molecule has 1 fully saturated rings. The molecule has 1 heterocycles. The van der Waals surface area contributed by atoms with E-state index in [0.717, 1.165) is 10.0 Å². The van der Waals surface area contributed by atoms with E-state index in [0.29, 0.717) is 31.4 Å². The van der Waals surface area contributed by atoms with Crippen molar-refractivity contribution in [2.24, 2.45) is 0 Å². The van der Waals surface area contributed by atoms with Crippen molar-refractivity contribution in [3.8, 4) is 0 Å². The molecule has 2 aromatic rings. The van der Waals surface area contributed by atoms with E-state index in [-0.39, 0.29) is 17.8 Å². The highest BCUT2D eigenvalue weighted by atomic mass is 79.9. The maximum absolute atomic E-state index is 12.9. The Morgan fingerprint density at radius 2 is 1.60 bits per heavy atom. The average molecular weight is 472 g/mol. The first-order valence-corrected chi connectivity index (χ1v) is 10.5. The zero-order valence-corrected chi connectivity index (χ0v) is 17.8. The molecule has 6 nitrogen and oxygen atoms in total. The molecule has 1 atom stereocenters. The number of carbonyl (C=O) groups is 3. The Morgan fingerprint density at radius 3 is 2.23 bits per heavy atom. The van der Waals surface area contributed by atoms with Crippen molar-refractivity contribution in [2.75, 3.05) is 6.54 Å². The number of nitrogens with zero attached hydrogens (tertiary/aromatic N) is 1. The number of ketones is 1. The third-order valence-corrected chi connectivity index (χ3v) is 5.59. The number of carboxylic acid groups (broad SMARTS) is 1. The number of aliphatic carboxylic acids is 1. The van der Waals surface area contributed by atoms with Gasteiger partial charge in [-0.05, 0) is 30.5 Å². The number of benzene rings is 2. The molecule has 1 aliphatic heterocycles. The van der Waals surface area contributed by atoms with Crippen LogP contribution in [0.2, 0.25) is 0 Å². The summed E-state index contributed by atoms with van der Waals surface area (Å²) in [5.41, 5.74) is 1.26. The van der Waals surface area contributed by atoms with Crippen LogP contribution < -0.4 is 0 Å². The van der Waals surface area contributed by atoms with Crippen LogP contribution in [0.5, 0.6) is 0 Å². The Labute approximate surface area is 183 Å². The summed E-state index contributed by atoms with van der Waals surface area (Å²) >= 11 is 3.39. The van der Waals surface area contributed by atoms with Gasteiger partial charge in [0.05, 0.1) is 11.6 Å². The van der Waals surface area contributed by atoms with Gasteiger partial charge in [-0.2, -0.15) is 0 Å². The SMILES string of the molecule is O=C(O)CCCCCN1C(=O)C(=O)C(=C(O)c2ccccc2)[C@H]1c1ccc(Br)cc1. The summed E-state index contributed by atoms with van der Waals surface area (Å²) in [6, 6.07) is 15.3. The van der Waals surface area contributed by atoms with Gasteiger partial charge in [0.15, 0.2) is 0 Å². The van der Waals surface area contributed by atoms with E-state index in [2.05, 4.69) is 15.9 Å². The van der Waals surface area contributed by atoms with Crippen LogP contribution >= 0.6 is 15.9 Å². The van der Waals surface area contributed by atoms with Gasteiger partial charge in [-0.15, -0.1) is 0 Å². The molecule has 1 amide bonds. The second-order valence-corrected chi connectivity index (χ2v) is 8.03. The van der Waals surface area contributed by atoms with Gasteiger partial charge in [0, 0.05) is 23.0 Å². The lowest BCUT2D eigenvalue weighted by Crippen LogP contribution is -2.30. The van der Waals surface area contributed by atoms with Gasteiger partial charge >= 0.3 is 5.97 Å². The quantitative estimate of drug-likeness (QED) is 0.255. The summed E-state index contributed by atoms with van der Waals surface area (Å²) in [6.45, 7) is 0.302. The number of hydrogen-bond donors (Lipinski definition) is 2. The van der Waals surface area contributed by atoms with Crippen molar-refractivity contribution < 1.29 is 24.6 Å². The highest BCUT2D eigenvalue weighted by molar-refractivity contribution is 9.10. The lowest BCUT2D eigenvalue weighted by Gasteiger charge is -2.25. The molecule has 1 aliphatic rings. The predicted octanol–water partition coefficient (Wildman–Crippen LogP) is 4.52. The Kier molecular flexibility index (Phi) is 7.05. The number of halogens is 1. The predicted molar refractivity (Wildman–Crippen MR) is 116 cm³/mol. The van der Waals surface area contributed by atoms with Gasteiger partial charge in [-0.25, -0.2) is 0 Å². The topological polar surface area (TPSA) is 94.9 Å². The van der Waals surface area contributed by atoms with E-state index in [1.54, 1.807) is 30.3 Å². The van der Waals surface area contributed by atoms with Gasteiger partial charge in [0.2, 0.25) is 0 Å². The minimum Gasteiger partial charge on any atom is -0.507 e. The fourth-order valence-electron chi connectivity index (χ4n) is 3.59. The second kappa shape index (κ2) is 9.71. The molecule has 2 N–H and O–H groups in total. The number of carbonyl (C=O) groups excluding carboxylic acids is 2. The number of aliphatic hydroxyl groups excluding tert-OH is 1. The number of hydrogen-bond acceptors (Lipinski definition) is 4. The van der Waals surface area contributed by atoms with Crippen molar-refractivity contribution in [2.45, 2.75) is 31.7 Å². The zero-order chi connectivity index (χ0) is 21.7. The monoisotopic (exact) mass is 471 g/mol. The number of unbranched alkanes of at least 4 members (excludes halogenated alkanes) is 2. The molecule has 1 saturated heterocycles. The van der Waals surface area contributed by atoms with Crippen LogP contribution in [-0.4, -0.2) is 39.3 Å². The Hall–Kier alpha value is -2.93. The largest absolute Gasteiger partial charge is 0.507 e. The van der Waals surface area contributed by atoms with Crippen molar-refractivity contribution in [1.29, 1.82) is 0 Å². The fourth-order valence-corrected chi connectivity index (χ4v) is 3.85. The van der Waals surface area contributed by atoms with Crippen molar-refractivity contribution in [1.82, 2.24) is 4.90 Å². The zero-order valence-electron chi connectivity index (χ0n) is 16.3. The molecular formula is C23H22BrNO5. The van der Waals surface area contributed by atoms with Crippen LogP contribution in [0.15, 0.2) is 64.6 Å². The molecular weight excluding hydrogens is 450 g/mol. The molecule has 0 unspecified atom stereocenters. The molecule has 0 aromatic heterocycles. The summed E-state index contributed by atoms with van der Waals surface area (Å²) in [7, 11) is 0. The first-order chi connectivity index (χ1) is 14.4. The molecule has 3 rings (SSSR count). The molecule has 0 spiro atoms. The van der Waals surface area contributed by atoms with Gasteiger partial charge in [-0.1, -0.05) is 64.8 Å². The number of rotatable bonds is 8. The van der Waals surface area contributed by atoms with Gasteiger partial charge in [0.1, 0.15) is 5.76 Å². The minimum absolute atomic E-state index is 0.0686. The molecule has 0 aliphatic carbocycles. The lowest BCUT2D eigenvalue weighted by atomic mass is 9.95. The number of amides is 1. The smallest absolute Gasteiger partial charge is 0.303 e. The number of likely N-dealkylation sites (tertiary alicyclic amines) is 1. The molecule has 30 heavy (non-hydrogen) atoms. The summed E-state index contributed by atoms with van der Waals surface area (Å²) < 4.78 is 0.861. The average Bonchev–Trinajstić information content (AvgIpc) is 2.99. The number of aliphatic hydroxyl groups is 1. The Morgan fingerprint density at radius 1 is 0.933 bits per heavy atom. The maximum atomic E-state index is 12.9. The normalized spacial score (nSPS) is 18.0. The molecule has 7 heteroatoms. The highest BCUT2D eigenvalue weighted by Gasteiger charge is 2.45. The van der Waals surface area contributed by atoms with Crippen LogP contribution in [0.4, 0.5) is 0 Å². The van der Waals surface area contributed by atoms with Crippen LogP contribution in [0, 0.1) is 0 Å². The summed E-state index contributed by atoms with van der Waals surface area (Å²) in [5, 5.41) is 19.7. The maximum Gasteiger partial charge on any atom is 0.303 e. The minimum atomic E-state index is -0.854. The van der Waals surface area contributed by atoms with E-state index in [4.69, 9.17) is 5.11 Å². The Bertz CT molecular complexity index is 969. The molecule has 0 radical (unpaired) electrons. The van der Waals surface area contributed by atoms with Crippen LogP contribution in [0.25, 0.3) is 5.76 Å². The molecule has 0 saturated carbocycles. The van der Waals surface area contributed by atoms with E-state index in [1.807, 2.05) is 24.3 Å². The van der Waals surface area contributed by atoms with Crippen molar-refractivity contribution in [3.05, 3.63) is 75.8 Å². The number of carboxylic acids is 1. The third kappa shape index (κ3) is 4.79. The Balaban J connectivity index is 1.95. The summed E-state index contributed by atoms with van der Waals surface area (Å²) in [4.78, 5) is 37.8. The molecule has 0 bridgehead atoms. The highest BCUT2D eigenvalue weighted by Crippen LogP contribution is 2.39. The van der Waals surface area contributed by atoms with Crippen molar-refractivity contribution in [3.63, 3.8) is 0 Å². The van der Waals surface area contributed by atoms with Crippen LogP contribution in [-0.2, 0) is 14.4 Å². The third-order valence-electron chi connectivity index (χ3n) is 5.06. The fraction of sp³-hybridized carbons (Fsp3) is 0.261. The first-order valence-electron chi connectivity index (χ1n) is 9.71. The van der Waals surface area contributed by atoms with E-state index >= 15 is 0 Å². The van der Waals surface area contributed by atoms with Crippen LogP contribution in [0.1, 0.15) is 42.9 Å². The van der Waals surface area contributed by atoms with E-state index in [1.165, 1.54) is 4.90 Å². The lowest BCUT2D eigenvalue weighted by molar-refractivity contribution is -0.140. The van der Waals surface area contributed by atoms with Crippen molar-refractivity contribution >= 4 is 39.3 Å². The summed E-state index contributed by atoms with van der Waals surface area (Å²) in [6.07, 6.45) is 1.77. The van der Waals surface area contributed by atoms with Gasteiger partial charge < -0.3 is 15.1 Å². The first kappa shape index (κ1) is 21.8. The number of Topliss-reactive ketones (excluding diaryl/α,β-unsaturated/α-hetero) is 1. The summed E-state index contributed by atoms with van der Waals surface area (Å²) in [5.74, 6) is -2.42. The molecule has 2 aromatic carbocycles. The second-order valence-electron chi connectivity index (χ2n) is 7.11. The standard InChI is InChI=1S/C23H22BrNO5/c24-17-12-10-15(11-13-17)20-19(21(28)16-7-3-1-4-8-16)22(29)23(30)25(20)14-6-2-5-9-18(26)27/h1,3-4,7-8,10-13,20,28H,2,5-6,9,14H2,(H,26,27)/t20-/m1/s1. The van der Waals surface area contributed by atoms with Gasteiger partial charge in [-0.3, -0.25) is 14.4 Å². The van der Waals surface area contributed by atoms with E-state index < -0.39 is 23.7 Å².